The van der Waals surface area contributed by atoms with Gasteiger partial charge in [0.05, 0.1) is 13.2 Å². The van der Waals surface area contributed by atoms with E-state index in [1.807, 2.05) is 19.1 Å². The molecule has 0 aliphatic carbocycles. The minimum atomic E-state index is -0.194. The van der Waals surface area contributed by atoms with E-state index in [0.717, 1.165) is 50.7 Å². The number of amides is 1. The SMILES string of the molecule is C/C=C/c1cc(C)c(Sc2ccc(F)cc2)cc1C.O=CNCCN1CCOCC1. The maximum atomic E-state index is 12.9. The van der Waals surface area contributed by atoms with E-state index in [-0.39, 0.29) is 5.82 Å². The van der Waals surface area contributed by atoms with Gasteiger partial charge in [0.15, 0.2) is 0 Å². The van der Waals surface area contributed by atoms with Crippen LogP contribution in [0.5, 0.6) is 0 Å². The summed E-state index contributed by atoms with van der Waals surface area (Å²) in [6.07, 6.45) is 4.91. The third kappa shape index (κ3) is 8.30. The Kier molecular flexibility index (Phi) is 10.6. The number of hydrogen-bond acceptors (Lipinski definition) is 4. The van der Waals surface area contributed by atoms with Crippen molar-refractivity contribution < 1.29 is 13.9 Å². The van der Waals surface area contributed by atoms with Crippen molar-refractivity contribution in [3.05, 3.63) is 65.0 Å². The average Bonchev–Trinajstić information content (AvgIpc) is 2.75. The Balaban J connectivity index is 0.000000248. The van der Waals surface area contributed by atoms with E-state index in [1.54, 1.807) is 11.8 Å². The molecule has 2 aromatic carbocycles. The summed E-state index contributed by atoms with van der Waals surface area (Å²) in [5.74, 6) is -0.194. The molecule has 30 heavy (non-hydrogen) atoms. The van der Waals surface area contributed by atoms with Crippen molar-refractivity contribution in [2.45, 2.75) is 30.6 Å². The van der Waals surface area contributed by atoms with Crippen LogP contribution in [-0.4, -0.2) is 50.7 Å². The number of ether oxygens (including phenoxy) is 1. The summed E-state index contributed by atoms with van der Waals surface area (Å²) in [5, 5.41) is 2.63. The molecule has 4 nitrogen and oxygen atoms in total. The van der Waals surface area contributed by atoms with Crippen molar-refractivity contribution in [2.24, 2.45) is 0 Å². The molecule has 0 bridgehead atoms. The molecule has 1 heterocycles. The van der Waals surface area contributed by atoms with Crippen LogP contribution in [0.3, 0.4) is 0 Å². The van der Waals surface area contributed by atoms with Gasteiger partial charge in [-0.15, -0.1) is 0 Å². The van der Waals surface area contributed by atoms with E-state index >= 15 is 0 Å². The predicted molar refractivity (Wildman–Crippen MR) is 122 cm³/mol. The fourth-order valence-electron chi connectivity index (χ4n) is 3.02. The molecule has 1 N–H and O–H groups in total. The number of allylic oxidation sites excluding steroid dienone is 1. The molecule has 162 valence electrons. The lowest BCUT2D eigenvalue weighted by atomic mass is 10.1. The zero-order valence-electron chi connectivity index (χ0n) is 18.0. The Morgan fingerprint density at radius 2 is 1.83 bits per heavy atom. The second-order valence-electron chi connectivity index (χ2n) is 7.06. The Hall–Kier alpha value is -2.15. The van der Waals surface area contributed by atoms with Crippen LogP contribution < -0.4 is 5.32 Å². The van der Waals surface area contributed by atoms with Gasteiger partial charge in [0.1, 0.15) is 5.82 Å². The number of nitrogens with one attached hydrogen (secondary N) is 1. The number of hydrogen-bond donors (Lipinski definition) is 1. The van der Waals surface area contributed by atoms with Gasteiger partial charge < -0.3 is 10.1 Å². The first kappa shape index (κ1) is 24.1. The largest absolute Gasteiger partial charge is 0.379 e. The molecule has 1 saturated heterocycles. The Labute approximate surface area is 183 Å². The average molecular weight is 431 g/mol. The molecule has 3 rings (SSSR count). The number of rotatable bonds is 7. The number of carbonyl (C=O) groups is 1. The predicted octanol–water partition coefficient (Wildman–Crippen LogP) is 4.69. The van der Waals surface area contributed by atoms with Gasteiger partial charge in [-0.3, -0.25) is 9.69 Å². The van der Waals surface area contributed by atoms with Gasteiger partial charge in [-0.1, -0.05) is 30.0 Å². The van der Waals surface area contributed by atoms with Gasteiger partial charge in [-0.2, -0.15) is 0 Å². The van der Waals surface area contributed by atoms with Crippen LogP contribution in [0.4, 0.5) is 4.39 Å². The zero-order valence-corrected chi connectivity index (χ0v) is 18.8. The first-order chi connectivity index (χ1) is 14.5. The van der Waals surface area contributed by atoms with Crippen LogP contribution in [0.1, 0.15) is 23.6 Å². The minimum Gasteiger partial charge on any atom is -0.379 e. The standard InChI is InChI=1S/C17H17FS.C7H14N2O2/c1-4-5-14-10-13(3)17(11-12(14)2)19-16-8-6-15(18)7-9-16;10-7-8-1-2-9-3-5-11-6-4-9/h4-11H,1-3H3;7H,1-6H2,(H,8,10)/b5-4+;. The monoisotopic (exact) mass is 430 g/mol. The summed E-state index contributed by atoms with van der Waals surface area (Å²) in [6, 6.07) is 11.0. The van der Waals surface area contributed by atoms with Gasteiger partial charge in [0.25, 0.3) is 0 Å². The third-order valence-corrected chi connectivity index (χ3v) is 5.88. The van der Waals surface area contributed by atoms with Crippen LogP contribution in [-0.2, 0) is 9.53 Å². The molecule has 1 amide bonds. The van der Waals surface area contributed by atoms with Gasteiger partial charge in [0, 0.05) is 36.0 Å². The number of carbonyl (C=O) groups excluding carboxylic acids is 1. The van der Waals surface area contributed by atoms with Crippen LogP contribution in [0, 0.1) is 19.7 Å². The summed E-state index contributed by atoms with van der Waals surface area (Å²) in [4.78, 5) is 14.4. The molecule has 6 heteroatoms. The molecule has 0 aromatic heterocycles. The van der Waals surface area contributed by atoms with E-state index in [1.165, 1.54) is 33.7 Å². The van der Waals surface area contributed by atoms with E-state index in [9.17, 15) is 9.18 Å². The summed E-state index contributed by atoms with van der Waals surface area (Å²) < 4.78 is 18.1. The smallest absolute Gasteiger partial charge is 0.207 e. The lowest BCUT2D eigenvalue weighted by Crippen LogP contribution is -2.40. The van der Waals surface area contributed by atoms with E-state index in [0.29, 0.717) is 0 Å². The second kappa shape index (κ2) is 13.2. The van der Waals surface area contributed by atoms with Gasteiger partial charge in [-0.05, 0) is 67.8 Å². The lowest BCUT2D eigenvalue weighted by molar-refractivity contribution is -0.109. The highest BCUT2D eigenvalue weighted by molar-refractivity contribution is 7.99. The second-order valence-corrected chi connectivity index (χ2v) is 8.17. The number of morpholine rings is 1. The molecular weight excluding hydrogens is 399 g/mol. The molecule has 0 radical (unpaired) electrons. The minimum absolute atomic E-state index is 0.194. The Morgan fingerprint density at radius 3 is 2.47 bits per heavy atom. The fraction of sp³-hybridized carbons (Fsp3) is 0.375. The maximum absolute atomic E-state index is 12.9. The first-order valence-electron chi connectivity index (χ1n) is 10.2. The highest BCUT2D eigenvalue weighted by atomic mass is 32.2. The van der Waals surface area contributed by atoms with Gasteiger partial charge in [-0.25, -0.2) is 4.39 Å². The first-order valence-corrected chi connectivity index (χ1v) is 11.0. The van der Waals surface area contributed by atoms with Crippen molar-refractivity contribution >= 4 is 24.2 Å². The molecule has 0 unspecified atom stereocenters. The van der Waals surface area contributed by atoms with Crippen molar-refractivity contribution in [1.82, 2.24) is 10.2 Å². The Morgan fingerprint density at radius 1 is 1.13 bits per heavy atom. The van der Waals surface area contributed by atoms with Crippen molar-refractivity contribution in [3.8, 4) is 0 Å². The normalized spacial score (nSPS) is 14.3. The molecule has 1 aliphatic heterocycles. The third-order valence-electron chi connectivity index (χ3n) is 4.71. The van der Waals surface area contributed by atoms with E-state index in [4.69, 9.17) is 4.74 Å². The van der Waals surface area contributed by atoms with Crippen LogP contribution in [0.15, 0.2) is 52.3 Å². The molecule has 0 atom stereocenters. The molecule has 0 spiro atoms. The van der Waals surface area contributed by atoms with Gasteiger partial charge >= 0.3 is 0 Å². The summed E-state index contributed by atoms with van der Waals surface area (Å²) >= 11 is 1.67. The highest BCUT2D eigenvalue weighted by Crippen LogP contribution is 2.32. The lowest BCUT2D eigenvalue weighted by Gasteiger charge is -2.26. The van der Waals surface area contributed by atoms with Crippen molar-refractivity contribution in [3.63, 3.8) is 0 Å². The fourth-order valence-corrected chi connectivity index (χ4v) is 4.00. The van der Waals surface area contributed by atoms with Gasteiger partial charge in [0.2, 0.25) is 6.41 Å². The maximum Gasteiger partial charge on any atom is 0.207 e. The molecule has 2 aromatic rings. The molecule has 0 saturated carbocycles. The highest BCUT2D eigenvalue weighted by Gasteiger charge is 2.08. The molecule has 1 aliphatic rings. The summed E-state index contributed by atoms with van der Waals surface area (Å²) in [6.45, 7) is 11.5. The topological polar surface area (TPSA) is 41.6 Å². The molecular formula is C24H31FN2O2S. The summed E-state index contributed by atoms with van der Waals surface area (Å²) in [5.41, 5.74) is 3.75. The summed E-state index contributed by atoms with van der Waals surface area (Å²) in [7, 11) is 0. The van der Waals surface area contributed by atoms with E-state index < -0.39 is 0 Å². The van der Waals surface area contributed by atoms with Crippen molar-refractivity contribution in [1.29, 1.82) is 0 Å². The number of halogens is 1. The quantitative estimate of drug-likeness (QED) is 0.511. The number of nitrogens with zero attached hydrogens (tertiary/aromatic N) is 1. The number of benzene rings is 2. The van der Waals surface area contributed by atoms with Crippen LogP contribution in [0.2, 0.25) is 0 Å². The van der Waals surface area contributed by atoms with Crippen LogP contribution >= 0.6 is 11.8 Å². The van der Waals surface area contributed by atoms with Crippen molar-refractivity contribution in [2.75, 3.05) is 39.4 Å². The molecule has 1 fully saturated rings. The van der Waals surface area contributed by atoms with E-state index in [2.05, 4.69) is 48.3 Å². The van der Waals surface area contributed by atoms with Crippen LogP contribution in [0.25, 0.3) is 6.08 Å². The zero-order chi connectivity index (χ0) is 21.8. The Bertz CT molecular complexity index is 819. The number of aryl methyl sites for hydroxylation is 2.